The summed E-state index contributed by atoms with van der Waals surface area (Å²) in [4.78, 5) is 8.23. The lowest BCUT2D eigenvalue weighted by atomic mass is 10.3. The van der Waals surface area contributed by atoms with Crippen LogP contribution in [0.4, 0.5) is 11.5 Å². The van der Waals surface area contributed by atoms with Crippen molar-refractivity contribution < 1.29 is 0 Å². The molecule has 7 heteroatoms. The lowest BCUT2D eigenvalue weighted by Crippen LogP contribution is -1.95. The third-order valence-electron chi connectivity index (χ3n) is 2.43. The van der Waals surface area contributed by atoms with Crippen LogP contribution in [0.15, 0.2) is 30.7 Å². The van der Waals surface area contributed by atoms with Crippen molar-refractivity contribution in [2.75, 3.05) is 5.32 Å². The number of fused-ring (bicyclic) bond motifs is 1. The first-order valence-electron chi connectivity index (χ1n) is 5.10. The maximum absolute atomic E-state index is 5.95. The molecule has 0 spiro atoms. The van der Waals surface area contributed by atoms with E-state index < -0.39 is 0 Å². The molecule has 3 rings (SSSR count). The summed E-state index contributed by atoms with van der Waals surface area (Å²) in [5, 5.41) is 11.7. The average Bonchev–Trinajstić information content (AvgIpc) is 2.83. The van der Waals surface area contributed by atoms with Crippen molar-refractivity contribution in [2.24, 2.45) is 0 Å². The van der Waals surface area contributed by atoms with Gasteiger partial charge in [-0.1, -0.05) is 23.2 Å². The van der Waals surface area contributed by atoms with Crippen molar-refractivity contribution in [1.29, 1.82) is 0 Å². The van der Waals surface area contributed by atoms with Gasteiger partial charge in [-0.25, -0.2) is 9.97 Å². The number of H-pyrrole nitrogens is 1. The van der Waals surface area contributed by atoms with Crippen LogP contribution in [0.1, 0.15) is 0 Å². The minimum Gasteiger partial charge on any atom is -0.339 e. The standard InChI is InChI=1S/C11H7Cl2N5/c12-8-2-1-6(3-9(8)13)17-10-7-4-16-18-11(7)15-5-14-10/h1-5H,(H2,14,15,16,17,18). The second-order valence-corrected chi connectivity index (χ2v) is 4.42. The Morgan fingerprint density at radius 3 is 2.83 bits per heavy atom. The van der Waals surface area contributed by atoms with Gasteiger partial charge in [0.2, 0.25) is 0 Å². The Kier molecular flexibility index (Phi) is 2.77. The molecule has 2 aromatic heterocycles. The fraction of sp³-hybridized carbons (Fsp3) is 0. The Morgan fingerprint density at radius 1 is 1.11 bits per heavy atom. The molecule has 0 fully saturated rings. The molecule has 0 bridgehead atoms. The van der Waals surface area contributed by atoms with Gasteiger partial charge in [0.05, 0.1) is 21.6 Å². The highest BCUT2D eigenvalue weighted by Gasteiger charge is 2.06. The van der Waals surface area contributed by atoms with Gasteiger partial charge in [-0.05, 0) is 18.2 Å². The number of aromatic nitrogens is 4. The third kappa shape index (κ3) is 1.98. The van der Waals surface area contributed by atoms with Crippen molar-refractivity contribution in [3.63, 3.8) is 0 Å². The molecule has 5 nitrogen and oxygen atoms in total. The van der Waals surface area contributed by atoms with Crippen molar-refractivity contribution >= 4 is 45.7 Å². The normalized spacial score (nSPS) is 10.8. The Balaban J connectivity index is 2.01. The molecule has 18 heavy (non-hydrogen) atoms. The van der Waals surface area contributed by atoms with E-state index in [1.165, 1.54) is 6.33 Å². The zero-order valence-electron chi connectivity index (χ0n) is 8.98. The van der Waals surface area contributed by atoms with E-state index in [4.69, 9.17) is 23.2 Å². The highest BCUT2D eigenvalue weighted by Crippen LogP contribution is 2.27. The van der Waals surface area contributed by atoms with Crippen LogP contribution in [0, 0.1) is 0 Å². The summed E-state index contributed by atoms with van der Waals surface area (Å²) in [7, 11) is 0. The van der Waals surface area contributed by atoms with Gasteiger partial charge in [-0.3, -0.25) is 5.10 Å². The molecule has 0 atom stereocenters. The van der Waals surface area contributed by atoms with E-state index >= 15 is 0 Å². The number of aromatic amines is 1. The minimum atomic E-state index is 0.485. The summed E-state index contributed by atoms with van der Waals surface area (Å²) in [5.41, 5.74) is 1.47. The molecule has 2 N–H and O–H groups in total. The molecule has 0 amide bonds. The molecular formula is C11H7Cl2N5. The van der Waals surface area contributed by atoms with Crippen molar-refractivity contribution in [3.05, 3.63) is 40.8 Å². The molecule has 0 saturated heterocycles. The predicted molar refractivity (Wildman–Crippen MR) is 71.4 cm³/mol. The highest BCUT2D eigenvalue weighted by molar-refractivity contribution is 6.42. The number of benzene rings is 1. The zero-order valence-corrected chi connectivity index (χ0v) is 10.5. The molecule has 0 radical (unpaired) electrons. The van der Waals surface area contributed by atoms with Crippen LogP contribution in [-0.4, -0.2) is 20.2 Å². The van der Waals surface area contributed by atoms with Crippen LogP contribution in [-0.2, 0) is 0 Å². The first kappa shape index (κ1) is 11.3. The number of hydrogen-bond donors (Lipinski definition) is 2. The quantitative estimate of drug-likeness (QED) is 0.755. The average molecular weight is 280 g/mol. The molecule has 2 heterocycles. The number of nitrogens with zero attached hydrogens (tertiary/aromatic N) is 3. The minimum absolute atomic E-state index is 0.485. The molecule has 3 aromatic rings. The SMILES string of the molecule is Clc1ccc(Nc2ncnc3[nH]ncc23)cc1Cl. The Labute approximate surface area is 112 Å². The van der Waals surface area contributed by atoms with Crippen molar-refractivity contribution in [2.45, 2.75) is 0 Å². The molecule has 0 aliphatic carbocycles. The van der Waals surface area contributed by atoms with Crippen LogP contribution in [0.5, 0.6) is 0 Å². The molecule has 0 unspecified atom stereocenters. The number of halogens is 2. The van der Waals surface area contributed by atoms with Gasteiger partial charge in [-0.15, -0.1) is 0 Å². The van der Waals surface area contributed by atoms with Crippen molar-refractivity contribution in [1.82, 2.24) is 20.2 Å². The summed E-state index contributed by atoms with van der Waals surface area (Å²) in [5.74, 6) is 0.659. The summed E-state index contributed by atoms with van der Waals surface area (Å²) in [6, 6.07) is 5.28. The van der Waals surface area contributed by atoms with Gasteiger partial charge in [-0.2, -0.15) is 5.10 Å². The van der Waals surface area contributed by atoms with Gasteiger partial charge in [0.25, 0.3) is 0 Å². The van der Waals surface area contributed by atoms with Gasteiger partial charge in [0.1, 0.15) is 12.1 Å². The van der Waals surface area contributed by atoms with Gasteiger partial charge >= 0.3 is 0 Å². The Hall–Kier alpha value is -1.85. The van der Waals surface area contributed by atoms with E-state index in [0.717, 1.165) is 11.1 Å². The largest absolute Gasteiger partial charge is 0.339 e. The van der Waals surface area contributed by atoms with Gasteiger partial charge < -0.3 is 5.32 Å². The van der Waals surface area contributed by atoms with E-state index in [1.807, 2.05) is 6.07 Å². The molecular weight excluding hydrogens is 273 g/mol. The third-order valence-corrected chi connectivity index (χ3v) is 3.17. The van der Waals surface area contributed by atoms with E-state index in [0.29, 0.717) is 21.5 Å². The lowest BCUT2D eigenvalue weighted by molar-refractivity contribution is 1.09. The summed E-state index contributed by atoms with van der Waals surface area (Å²) >= 11 is 11.8. The fourth-order valence-electron chi connectivity index (χ4n) is 1.58. The van der Waals surface area contributed by atoms with E-state index in [9.17, 15) is 0 Å². The summed E-state index contributed by atoms with van der Waals surface area (Å²) < 4.78 is 0. The first-order chi connectivity index (χ1) is 8.74. The molecule has 1 aromatic carbocycles. The first-order valence-corrected chi connectivity index (χ1v) is 5.86. The van der Waals surface area contributed by atoms with Crippen LogP contribution < -0.4 is 5.32 Å². The van der Waals surface area contributed by atoms with E-state index in [-0.39, 0.29) is 0 Å². The number of anilines is 2. The van der Waals surface area contributed by atoms with Crippen molar-refractivity contribution in [3.8, 4) is 0 Å². The predicted octanol–water partition coefficient (Wildman–Crippen LogP) is 3.40. The van der Waals surface area contributed by atoms with Gasteiger partial charge in [0.15, 0.2) is 5.65 Å². The lowest BCUT2D eigenvalue weighted by Gasteiger charge is -2.06. The second kappa shape index (κ2) is 4.44. The fourth-order valence-corrected chi connectivity index (χ4v) is 1.87. The van der Waals surface area contributed by atoms with Crippen LogP contribution in [0.2, 0.25) is 10.0 Å². The molecule has 90 valence electrons. The van der Waals surface area contributed by atoms with E-state index in [2.05, 4.69) is 25.5 Å². The van der Waals surface area contributed by atoms with Crippen LogP contribution in [0.3, 0.4) is 0 Å². The molecule has 0 saturated carbocycles. The number of rotatable bonds is 2. The molecule has 0 aliphatic heterocycles. The summed E-state index contributed by atoms with van der Waals surface area (Å²) in [6.45, 7) is 0. The Morgan fingerprint density at radius 2 is 2.00 bits per heavy atom. The number of nitrogens with one attached hydrogen (secondary N) is 2. The highest BCUT2D eigenvalue weighted by atomic mass is 35.5. The van der Waals surface area contributed by atoms with Crippen LogP contribution >= 0.6 is 23.2 Å². The van der Waals surface area contributed by atoms with Gasteiger partial charge in [0, 0.05) is 5.69 Å². The number of hydrogen-bond acceptors (Lipinski definition) is 4. The second-order valence-electron chi connectivity index (χ2n) is 3.61. The Bertz CT molecular complexity index is 709. The van der Waals surface area contributed by atoms with E-state index in [1.54, 1.807) is 18.3 Å². The van der Waals surface area contributed by atoms with Crippen LogP contribution in [0.25, 0.3) is 11.0 Å². The maximum atomic E-state index is 5.95. The zero-order chi connectivity index (χ0) is 12.5. The summed E-state index contributed by atoms with van der Waals surface area (Å²) in [6.07, 6.45) is 3.12. The topological polar surface area (TPSA) is 66.5 Å². The smallest absolute Gasteiger partial charge is 0.160 e. The molecule has 0 aliphatic rings. The monoisotopic (exact) mass is 279 g/mol. The maximum Gasteiger partial charge on any atom is 0.160 e.